The molecule has 0 heterocycles. The van der Waals surface area contributed by atoms with Gasteiger partial charge in [0.25, 0.3) is 5.69 Å². The second kappa shape index (κ2) is 5.38. The second-order valence-corrected chi connectivity index (χ2v) is 3.99. The molecule has 0 aliphatic carbocycles. The monoisotopic (exact) mass is 274 g/mol. The van der Waals surface area contributed by atoms with E-state index in [1.165, 1.54) is 18.2 Å². The molecule has 0 aliphatic rings. The summed E-state index contributed by atoms with van der Waals surface area (Å²) in [6.45, 7) is 0. The first-order valence-electron chi connectivity index (χ1n) is 5.22. The Hall–Kier alpha value is -2.58. The van der Waals surface area contributed by atoms with Crippen molar-refractivity contribution in [3.63, 3.8) is 0 Å². The quantitative estimate of drug-likeness (QED) is 0.628. The van der Waals surface area contributed by atoms with E-state index in [1.807, 2.05) is 6.07 Å². The number of para-hydroxylation sites is 1. The number of halogens is 1. The number of hydrogen-bond donors (Lipinski definition) is 0. The van der Waals surface area contributed by atoms with Crippen molar-refractivity contribution in [2.45, 2.75) is 0 Å². The highest BCUT2D eigenvalue weighted by Crippen LogP contribution is 2.33. The third kappa shape index (κ3) is 2.81. The first-order chi connectivity index (χ1) is 9.11. The van der Waals surface area contributed by atoms with Crippen LogP contribution in [0.2, 0.25) is 5.02 Å². The molecule has 0 saturated carbocycles. The number of nitrogens with zero attached hydrogens (tertiary/aromatic N) is 2. The summed E-state index contributed by atoms with van der Waals surface area (Å²) in [5.74, 6) is 0.436. The van der Waals surface area contributed by atoms with E-state index in [4.69, 9.17) is 21.6 Å². The van der Waals surface area contributed by atoms with Crippen LogP contribution in [0.3, 0.4) is 0 Å². The van der Waals surface area contributed by atoms with Crippen LogP contribution in [-0.2, 0) is 0 Å². The number of nitro benzene ring substituents is 1. The molecule has 94 valence electrons. The van der Waals surface area contributed by atoms with Crippen LogP contribution in [0, 0.1) is 21.4 Å². The van der Waals surface area contributed by atoms with E-state index in [9.17, 15) is 10.1 Å². The van der Waals surface area contributed by atoms with Crippen LogP contribution in [0.5, 0.6) is 11.5 Å². The van der Waals surface area contributed by atoms with E-state index < -0.39 is 4.92 Å². The van der Waals surface area contributed by atoms with Crippen molar-refractivity contribution in [2.24, 2.45) is 0 Å². The number of non-ortho nitro benzene ring substituents is 1. The van der Waals surface area contributed by atoms with Gasteiger partial charge in [-0.25, -0.2) is 0 Å². The van der Waals surface area contributed by atoms with Crippen molar-refractivity contribution in [3.8, 4) is 17.6 Å². The first-order valence-corrected chi connectivity index (χ1v) is 5.60. The van der Waals surface area contributed by atoms with Crippen LogP contribution in [0.4, 0.5) is 5.69 Å². The fraction of sp³-hybridized carbons (Fsp3) is 0. The van der Waals surface area contributed by atoms with Gasteiger partial charge in [0.1, 0.15) is 11.8 Å². The van der Waals surface area contributed by atoms with E-state index in [-0.39, 0.29) is 16.5 Å². The molecular weight excluding hydrogens is 268 g/mol. The summed E-state index contributed by atoms with van der Waals surface area (Å²) in [4.78, 5) is 10.2. The van der Waals surface area contributed by atoms with Crippen molar-refractivity contribution in [3.05, 3.63) is 63.2 Å². The highest BCUT2D eigenvalue weighted by molar-refractivity contribution is 6.32. The summed E-state index contributed by atoms with van der Waals surface area (Å²) in [6, 6.07) is 12.4. The zero-order valence-electron chi connectivity index (χ0n) is 9.54. The molecule has 0 atom stereocenters. The highest BCUT2D eigenvalue weighted by atomic mass is 35.5. The molecule has 2 aromatic rings. The molecular formula is C13H7ClN2O3. The molecule has 2 aromatic carbocycles. The molecule has 6 heteroatoms. The summed E-state index contributed by atoms with van der Waals surface area (Å²) in [7, 11) is 0. The number of nitro groups is 1. The van der Waals surface area contributed by atoms with Crippen LogP contribution >= 0.6 is 11.6 Å². The van der Waals surface area contributed by atoms with E-state index in [0.29, 0.717) is 11.3 Å². The van der Waals surface area contributed by atoms with E-state index in [2.05, 4.69) is 0 Å². The Kier molecular flexibility index (Phi) is 3.64. The fourth-order valence-corrected chi connectivity index (χ4v) is 1.61. The summed E-state index contributed by atoms with van der Waals surface area (Å²) in [6.07, 6.45) is 0. The summed E-state index contributed by atoms with van der Waals surface area (Å²) in [5, 5.41) is 19.9. The molecule has 0 saturated heterocycles. The maximum Gasteiger partial charge on any atom is 0.273 e. The Labute approximate surface area is 113 Å². The predicted molar refractivity (Wildman–Crippen MR) is 69.3 cm³/mol. The van der Waals surface area contributed by atoms with Gasteiger partial charge in [0.05, 0.1) is 21.6 Å². The molecule has 0 spiro atoms. The number of ether oxygens (including phenoxy) is 1. The molecule has 0 unspecified atom stereocenters. The van der Waals surface area contributed by atoms with Crippen LogP contribution in [0.15, 0.2) is 42.5 Å². The molecule has 19 heavy (non-hydrogen) atoms. The summed E-state index contributed by atoms with van der Waals surface area (Å²) >= 11 is 5.92. The average molecular weight is 275 g/mol. The minimum Gasteiger partial charge on any atom is -0.454 e. The zero-order chi connectivity index (χ0) is 13.8. The highest BCUT2D eigenvalue weighted by Gasteiger charge is 2.12. The third-order valence-electron chi connectivity index (χ3n) is 2.35. The molecule has 0 aliphatic heterocycles. The van der Waals surface area contributed by atoms with Gasteiger partial charge in [-0.1, -0.05) is 23.7 Å². The van der Waals surface area contributed by atoms with Gasteiger partial charge in [0, 0.05) is 6.07 Å². The smallest absolute Gasteiger partial charge is 0.273 e. The molecule has 5 nitrogen and oxygen atoms in total. The number of nitriles is 1. The van der Waals surface area contributed by atoms with Crippen molar-refractivity contribution in [2.75, 3.05) is 0 Å². The second-order valence-electron chi connectivity index (χ2n) is 3.58. The van der Waals surface area contributed by atoms with Gasteiger partial charge in [-0.15, -0.1) is 0 Å². The topological polar surface area (TPSA) is 76.2 Å². The lowest BCUT2D eigenvalue weighted by Crippen LogP contribution is -1.92. The van der Waals surface area contributed by atoms with Crippen molar-refractivity contribution < 1.29 is 9.66 Å². The van der Waals surface area contributed by atoms with Crippen LogP contribution in [0.1, 0.15) is 5.56 Å². The lowest BCUT2D eigenvalue weighted by molar-refractivity contribution is -0.384. The minimum absolute atomic E-state index is 0.131. The fourth-order valence-electron chi connectivity index (χ4n) is 1.45. The van der Waals surface area contributed by atoms with E-state index in [0.717, 1.165) is 0 Å². The Morgan fingerprint density at radius 1 is 1.21 bits per heavy atom. The lowest BCUT2D eigenvalue weighted by atomic mass is 10.2. The van der Waals surface area contributed by atoms with Gasteiger partial charge in [-0.05, 0) is 18.2 Å². The van der Waals surface area contributed by atoms with Gasteiger partial charge in [0.2, 0.25) is 0 Å². The van der Waals surface area contributed by atoms with Gasteiger partial charge < -0.3 is 4.74 Å². The maximum absolute atomic E-state index is 10.7. The molecule has 0 fully saturated rings. The van der Waals surface area contributed by atoms with Crippen molar-refractivity contribution >= 4 is 17.3 Å². The SMILES string of the molecule is N#Cc1ccccc1Oc1cc([N+](=O)[O-])ccc1Cl. The normalized spacial score (nSPS) is 9.68. The standard InChI is InChI=1S/C13H7ClN2O3/c14-11-6-5-10(16(17)18)7-13(11)19-12-4-2-1-3-9(12)8-15/h1-7H. The Morgan fingerprint density at radius 3 is 2.63 bits per heavy atom. The van der Waals surface area contributed by atoms with E-state index >= 15 is 0 Å². The predicted octanol–water partition coefficient (Wildman–Crippen LogP) is 3.91. The van der Waals surface area contributed by atoms with E-state index in [1.54, 1.807) is 24.3 Å². The third-order valence-corrected chi connectivity index (χ3v) is 2.67. The molecule has 0 radical (unpaired) electrons. The van der Waals surface area contributed by atoms with Crippen molar-refractivity contribution in [1.29, 1.82) is 5.26 Å². The summed E-state index contributed by atoms with van der Waals surface area (Å²) in [5.41, 5.74) is 0.193. The van der Waals surface area contributed by atoms with Gasteiger partial charge in [-0.2, -0.15) is 5.26 Å². The van der Waals surface area contributed by atoms with Gasteiger partial charge in [0.15, 0.2) is 5.75 Å². The van der Waals surface area contributed by atoms with Crippen LogP contribution in [-0.4, -0.2) is 4.92 Å². The minimum atomic E-state index is -0.542. The zero-order valence-corrected chi connectivity index (χ0v) is 10.3. The number of hydrogen-bond acceptors (Lipinski definition) is 4. The molecule has 2 rings (SSSR count). The average Bonchev–Trinajstić information content (AvgIpc) is 2.41. The first kappa shape index (κ1) is 12.9. The van der Waals surface area contributed by atoms with Crippen LogP contribution < -0.4 is 4.74 Å². The Morgan fingerprint density at radius 2 is 1.95 bits per heavy atom. The van der Waals surface area contributed by atoms with Gasteiger partial charge >= 0.3 is 0 Å². The molecule has 0 bridgehead atoms. The number of benzene rings is 2. The summed E-state index contributed by atoms with van der Waals surface area (Å²) < 4.78 is 5.46. The van der Waals surface area contributed by atoms with Gasteiger partial charge in [-0.3, -0.25) is 10.1 Å². The van der Waals surface area contributed by atoms with Crippen LogP contribution in [0.25, 0.3) is 0 Å². The Balaban J connectivity index is 2.41. The van der Waals surface area contributed by atoms with Crippen molar-refractivity contribution in [1.82, 2.24) is 0 Å². The lowest BCUT2D eigenvalue weighted by Gasteiger charge is -2.08. The molecule has 0 aromatic heterocycles. The molecule has 0 amide bonds. The maximum atomic E-state index is 10.7. The Bertz CT molecular complexity index is 680. The molecule has 0 N–H and O–H groups in total. The largest absolute Gasteiger partial charge is 0.454 e. The number of rotatable bonds is 3.